The van der Waals surface area contributed by atoms with Gasteiger partial charge in [-0.3, -0.25) is 4.90 Å². The van der Waals surface area contributed by atoms with Crippen LogP contribution in [0.3, 0.4) is 0 Å². The van der Waals surface area contributed by atoms with E-state index < -0.39 is 5.60 Å². The Morgan fingerprint density at radius 2 is 1.38 bits per heavy atom. The predicted octanol–water partition coefficient (Wildman–Crippen LogP) is 6.99. The van der Waals surface area contributed by atoms with E-state index in [-0.39, 0.29) is 6.09 Å². The van der Waals surface area contributed by atoms with Crippen molar-refractivity contribution in [3.8, 4) is 0 Å². The summed E-state index contributed by atoms with van der Waals surface area (Å²) in [5, 5.41) is 0. The number of hydrogen-bond donors (Lipinski definition) is 0. The zero-order chi connectivity index (χ0) is 20.2. The highest BCUT2D eigenvalue weighted by atomic mass is 16.6. The number of amides is 1. The van der Waals surface area contributed by atoms with Gasteiger partial charge in [-0.25, -0.2) is 4.79 Å². The molecule has 0 aromatic heterocycles. The van der Waals surface area contributed by atoms with Crippen LogP contribution in [0.4, 0.5) is 10.5 Å². The summed E-state index contributed by atoms with van der Waals surface area (Å²) < 4.78 is 5.54. The number of carbonyl (C=O) groups is 1. The van der Waals surface area contributed by atoms with Crippen LogP contribution in [0.25, 0.3) is 0 Å². The molecule has 2 aromatic carbocycles. The fraction of sp³-hybridized carbons (Fsp3) is 0.435. The van der Waals surface area contributed by atoms with E-state index in [9.17, 15) is 4.79 Å². The van der Waals surface area contributed by atoms with E-state index in [2.05, 4.69) is 0 Å². The van der Waals surface area contributed by atoms with Gasteiger partial charge in [-0.05, 0) is 45.4 Å². The molecule has 144 valence electrons. The maximum absolute atomic E-state index is 12.5. The van der Waals surface area contributed by atoms with E-state index in [1.165, 1.54) is 5.56 Å². The molecule has 0 radical (unpaired) electrons. The van der Waals surface area contributed by atoms with Crippen LogP contribution in [-0.4, -0.2) is 11.7 Å². The molecule has 26 heavy (non-hydrogen) atoms. The third kappa shape index (κ3) is 8.70. The van der Waals surface area contributed by atoms with Gasteiger partial charge in [0.15, 0.2) is 0 Å². The summed E-state index contributed by atoms with van der Waals surface area (Å²) >= 11 is 0. The van der Waals surface area contributed by atoms with Crippen LogP contribution in [0.1, 0.15) is 59.6 Å². The van der Waals surface area contributed by atoms with E-state index in [4.69, 9.17) is 4.74 Å². The van der Waals surface area contributed by atoms with Crippen LogP contribution < -0.4 is 4.90 Å². The summed E-state index contributed by atoms with van der Waals surface area (Å²) in [6.45, 7) is 16.2. The smallest absolute Gasteiger partial charge is 0.415 e. The molecule has 0 aliphatic carbocycles. The molecule has 0 saturated carbocycles. The summed E-state index contributed by atoms with van der Waals surface area (Å²) in [5.74, 6) is 0. The average molecular weight is 358 g/mol. The Hall–Kier alpha value is -2.29. The van der Waals surface area contributed by atoms with Crippen LogP contribution in [0.5, 0.6) is 0 Å². The van der Waals surface area contributed by atoms with Crippen LogP contribution >= 0.6 is 0 Å². The molecule has 0 atom stereocenters. The van der Waals surface area contributed by atoms with Gasteiger partial charge in [0.1, 0.15) is 5.60 Å². The summed E-state index contributed by atoms with van der Waals surface area (Å²) in [6.07, 6.45) is -0.334. The highest BCUT2D eigenvalue weighted by Crippen LogP contribution is 2.20. The monoisotopic (exact) mass is 357 g/mol. The minimum absolute atomic E-state index is 0.334. The molecule has 0 spiro atoms. The zero-order valence-corrected chi connectivity index (χ0v) is 17.7. The Labute approximate surface area is 160 Å². The minimum atomic E-state index is -0.516. The van der Waals surface area contributed by atoms with Gasteiger partial charge >= 0.3 is 6.09 Å². The summed E-state index contributed by atoms with van der Waals surface area (Å²) in [6, 6.07) is 17.8. The summed E-state index contributed by atoms with van der Waals surface area (Å²) in [4.78, 5) is 14.2. The highest BCUT2D eigenvalue weighted by molar-refractivity contribution is 5.87. The molecule has 3 nitrogen and oxygen atoms in total. The second-order valence-corrected chi connectivity index (χ2v) is 6.39. The molecular weight excluding hydrogens is 322 g/mol. The Bertz CT molecular complexity index is 613. The minimum Gasteiger partial charge on any atom is -0.443 e. The van der Waals surface area contributed by atoms with Crippen molar-refractivity contribution in [2.45, 2.75) is 67.5 Å². The van der Waals surface area contributed by atoms with Gasteiger partial charge in [-0.1, -0.05) is 75.7 Å². The molecule has 0 bridgehead atoms. The van der Waals surface area contributed by atoms with Crippen LogP contribution in [0.2, 0.25) is 0 Å². The van der Waals surface area contributed by atoms with Crippen molar-refractivity contribution in [3.05, 3.63) is 65.7 Å². The molecule has 3 heteroatoms. The van der Waals surface area contributed by atoms with Crippen molar-refractivity contribution in [2.24, 2.45) is 0 Å². The normalized spacial score (nSPS) is 9.85. The maximum atomic E-state index is 12.5. The Kier molecular flexibility index (Phi) is 11.1. The number of hydrogen-bond acceptors (Lipinski definition) is 2. The number of rotatable bonds is 3. The molecule has 2 aromatic rings. The lowest BCUT2D eigenvalue weighted by atomic mass is 10.1. The zero-order valence-electron chi connectivity index (χ0n) is 17.7. The number of anilines is 1. The molecule has 0 heterocycles. The first-order valence-corrected chi connectivity index (χ1v) is 9.46. The van der Waals surface area contributed by atoms with Crippen LogP contribution in [-0.2, 0) is 11.3 Å². The van der Waals surface area contributed by atoms with E-state index in [0.29, 0.717) is 6.54 Å². The fourth-order valence-electron chi connectivity index (χ4n) is 2.06. The number of ether oxygens (including phenoxy) is 1. The largest absolute Gasteiger partial charge is 0.443 e. The lowest BCUT2D eigenvalue weighted by Crippen LogP contribution is -2.36. The number of nitrogens with zero attached hydrogens (tertiary/aromatic N) is 1. The standard InChI is InChI=1S/C19H23NO2.2C2H6/c1-15-10-12-16(13-11-15)14-20(17-8-6-5-7-9-17)18(21)22-19(2,3)4;2*1-2/h5-13H,14H2,1-4H3;2*1-2H3. The van der Waals surface area contributed by atoms with E-state index in [1.807, 2.05) is 110 Å². The van der Waals surface area contributed by atoms with Crippen molar-refractivity contribution in [2.75, 3.05) is 4.90 Å². The summed E-state index contributed by atoms with van der Waals surface area (Å²) in [5.41, 5.74) is 2.59. The predicted molar refractivity (Wildman–Crippen MR) is 113 cm³/mol. The molecule has 0 aliphatic heterocycles. The van der Waals surface area contributed by atoms with Gasteiger partial charge in [0.05, 0.1) is 6.54 Å². The average Bonchev–Trinajstić information content (AvgIpc) is 2.64. The first-order chi connectivity index (χ1) is 12.3. The Morgan fingerprint density at radius 1 is 0.885 bits per heavy atom. The maximum Gasteiger partial charge on any atom is 0.415 e. The van der Waals surface area contributed by atoms with Gasteiger partial charge in [-0.2, -0.15) is 0 Å². The first-order valence-electron chi connectivity index (χ1n) is 9.46. The Balaban J connectivity index is 0.00000146. The first kappa shape index (κ1) is 23.7. The lowest BCUT2D eigenvalue weighted by Gasteiger charge is -2.27. The van der Waals surface area contributed by atoms with Crippen molar-refractivity contribution >= 4 is 11.8 Å². The van der Waals surface area contributed by atoms with Gasteiger partial charge in [0.2, 0.25) is 0 Å². The van der Waals surface area contributed by atoms with Crippen molar-refractivity contribution in [1.29, 1.82) is 0 Å². The van der Waals surface area contributed by atoms with Gasteiger partial charge in [0.25, 0.3) is 0 Å². The van der Waals surface area contributed by atoms with Gasteiger partial charge in [0, 0.05) is 5.69 Å². The topological polar surface area (TPSA) is 29.5 Å². The molecule has 0 unspecified atom stereocenters. The third-order valence-corrected chi connectivity index (χ3v) is 3.14. The molecule has 0 saturated heterocycles. The fourth-order valence-corrected chi connectivity index (χ4v) is 2.06. The van der Waals surface area contributed by atoms with Crippen LogP contribution in [0, 0.1) is 6.92 Å². The molecule has 2 rings (SSSR count). The number of aryl methyl sites for hydroxylation is 1. The van der Waals surface area contributed by atoms with Crippen LogP contribution in [0.15, 0.2) is 54.6 Å². The number of benzene rings is 2. The van der Waals surface area contributed by atoms with Crippen molar-refractivity contribution in [1.82, 2.24) is 0 Å². The molecule has 0 N–H and O–H groups in total. The second kappa shape index (κ2) is 12.1. The number of para-hydroxylation sites is 1. The summed E-state index contributed by atoms with van der Waals surface area (Å²) in [7, 11) is 0. The van der Waals surface area contributed by atoms with Gasteiger partial charge in [-0.15, -0.1) is 0 Å². The molecule has 0 aliphatic rings. The van der Waals surface area contributed by atoms with E-state index in [0.717, 1.165) is 11.3 Å². The van der Waals surface area contributed by atoms with Crippen molar-refractivity contribution in [3.63, 3.8) is 0 Å². The van der Waals surface area contributed by atoms with Gasteiger partial charge < -0.3 is 4.74 Å². The third-order valence-electron chi connectivity index (χ3n) is 3.14. The van der Waals surface area contributed by atoms with E-state index >= 15 is 0 Å². The lowest BCUT2D eigenvalue weighted by molar-refractivity contribution is 0.0577. The molecule has 0 fully saturated rings. The number of carbonyl (C=O) groups excluding carboxylic acids is 1. The second-order valence-electron chi connectivity index (χ2n) is 6.39. The molecular formula is C23H35NO2. The quantitative estimate of drug-likeness (QED) is 0.592. The SMILES string of the molecule is CC.CC.Cc1ccc(CN(C(=O)OC(C)(C)C)c2ccccc2)cc1. The highest BCUT2D eigenvalue weighted by Gasteiger charge is 2.23. The Morgan fingerprint density at radius 3 is 1.85 bits per heavy atom. The molecule has 1 amide bonds. The van der Waals surface area contributed by atoms with Crippen molar-refractivity contribution < 1.29 is 9.53 Å². The van der Waals surface area contributed by atoms with E-state index in [1.54, 1.807) is 4.90 Å².